The predicted octanol–water partition coefficient (Wildman–Crippen LogP) is 2.02. The Labute approximate surface area is 163 Å². The molecule has 2 aromatic rings. The van der Waals surface area contributed by atoms with E-state index in [4.69, 9.17) is 14.2 Å². The summed E-state index contributed by atoms with van der Waals surface area (Å²) in [6, 6.07) is 7.22. The molecule has 1 aromatic carbocycles. The first-order chi connectivity index (χ1) is 13.3. The average molecular weight is 388 g/mol. The average Bonchev–Trinajstić information content (AvgIpc) is 2.67. The molecule has 0 spiro atoms. The number of hydrogen-bond donors (Lipinski definition) is 2. The van der Waals surface area contributed by atoms with Gasteiger partial charge >= 0.3 is 5.97 Å². The van der Waals surface area contributed by atoms with E-state index in [2.05, 4.69) is 10.3 Å². The number of aryl methyl sites for hydroxylation is 1. The van der Waals surface area contributed by atoms with Gasteiger partial charge in [0, 0.05) is 18.7 Å². The van der Waals surface area contributed by atoms with Gasteiger partial charge in [0.05, 0.1) is 14.2 Å². The SMILES string of the molecule is COc1cc(C)ccc1CC(C)OC(=O)CNC(=O)c1nccc(OC)c1O. The van der Waals surface area contributed by atoms with Crippen molar-refractivity contribution in [3.63, 3.8) is 0 Å². The minimum absolute atomic E-state index is 0.114. The van der Waals surface area contributed by atoms with Gasteiger partial charge in [-0.1, -0.05) is 12.1 Å². The summed E-state index contributed by atoms with van der Waals surface area (Å²) in [4.78, 5) is 27.9. The summed E-state index contributed by atoms with van der Waals surface area (Å²) in [6.07, 6.45) is 1.38. The molecular weight excluding hydrogens is 364 g/mol. The maximum atomic E-state index is 12.1. The zero-order chi connectivity index (χ0) is 20.7. The van der Waals surface area contributed by atoms with Gasteiger partial charge in [0.15, 0.2) is 17.2 Å². The summed E-state index contributed by atoms with van der Waals surface area (Å²) in [6.45, 7) is 3.37. The van der Waals surface area contributed by atoms with Crippen LogP contribution in [0.3, 0.4) is 0 Å². The molecule has 150 valence electrons. The van der Waals surface area contributed by atoms with Crippen molar-refractivity contribution in [3.8, 4) is 17.2 Å². The van der Waals surface area contributed by atoms with Gasteiger partial charge in [-0.3, -0.25) is 9.59 Å². The van der Waals surface area contributed by atoms with Crippen molar-refractivity contribution in [2.45, 2.75) is 26.4 Å². The van der Waals surface area contributed by atoms with Gasteiger partial charge in [0.25, 0.3) is 5.91 Å². The Hall–Kier alpha value is -3.29. The Bertz CT molecular complexity index is 853. The van der Waals surface area contributed by atoms with Crippen LogP contribution in [-0.2, 0) is 16.0 Å². The molecule has 0 aliphatic heterocycles. The van der Waals surface area contributed by atoms with E-state index in [1.54, 1.807) is 14.0 Å². The normalized spacial score (nSPS) is 11.4. The standard InChI is InChI=1S/C20H24N2O6/c1-12-5-6-14(16(9-12)27-4)10-13(2)28-17(23)11-22-20(25)18-19(24)15(26-3)7-8-21-18/h5-9,13,24H,10-11H2,1-4H3,(H,22,25). The molecule has 2 N–H and O–H groups in total. The van der Waals surface area contributed by atoms with Crippen molar-refractivity contribution in [1.29, 1.82) is 0 Å². The van der Waals surface area contributed by atoms with Crippen molar-refractivity contribution in [2.75, 3.05) is 20.8 Å². The first-order valence-corrected chi connectivity index (χ1v) is 8.68. The number of amides is 1. The number of nitrogens with zero attached hydrogens (tertiary/aromatic N) is 1. The number of aromatic nitrogens is 1. The van der Waals surface area contributed by atoms with E-state index in [1.165, 1.54) is 19.4 Å². The fourth-order valence-electron chi connectivity index (χ4n) is 2.64. The molecule has 0 aliphatic carbocycles. The molecule has 0 saturated carbocycles. The zero-order valence-corrected chi connectivity index (χ0v) is 16.3. The molecule has 0 fully saturated rings. The molecule has 0 saturated heterocycles. The van der Waals surface area contributed by atoms with Gasteiger partial charge in [0.1, 0.15) is 18.4 Å². The van der Waals surface area contributed by atoms with E-state index < -0.39 is 23.7 Å². The third-order valence-electron chi connectivity index (χ3n) is 4.00. The van der Waals surface area contributed by atoms with Crippen molar-refractivity contribution < 1.29 is 28.9 Å². The third-order valence-corrected chi connectivity index (χ3v) is 4.00. The number of rotatable bonds is 8. The van der Waals surface area contributed by atoms with Crippen LogP contribution >= 0.6 is 0 Å². The van der Waals surface area contributed by atoms with Crippen LogP contribution in [0.4, 0.5) is 0 Å². The highest BCUT2D eigenvalue weighted by atomic mass is 16.5. The molecule has 0 bridgehead atoms. The van der Waals surface area contributed by atoms with Gasteiger partial charge in [-0.15, -0.1) is 0 Å². The largest absolute Gasteiger partial charge is 0.503 e. The fraction of sp³-hybridized carbons (Fsp3) is 0.350. The number of hydrogen-bond acceptors (Lipinski definition) is 7. The second kappa shape index (κ2) is 9.59. The number of pyridine rings is 1. The monoisotopic (exact) mass is 388 g/mol. The Morgan fingerprint density at radius 3 is 2.57 bits per heavy atom. The topological polar surface area (TPSA) is 107 Å². The summed E-state index contributed by atoms with van der Waals surface area (Å²) >= 11 is 0. The Kier molecular flexibility index (Phi) is 7.20. The van der Waals surface area contributed by atoms with Gasteiger partial charge in [-0.2, -0.15) is 0 Å². The van der Waals surface area contributed by atoms with Crippen LogP contribution in [0.1, 0.15) is 28.5 Å². The smallest absolute Gasteiger partial charge is 0.325 e. The molecule has 2 rings (SSSR count). The van der Waals surface area contributed by atoms with Crippen LogP contribution in [0.15, 0.2) is 30.5 Å². The number of nitrogens with one attached hydrogen (secondary N) is 1. The summed E-state index contributed by atoms with van der Waals surface area (Å²) in [5, 5.41) is 12.3. The lowest BCUT2D eigenvalue weighted by Gasteiger charge is -2.16. The molecule has 1 unspecified atom stereocenters. The second-order valence-corrected chi connectivity index (χ2v) is 6.21. The minimum Gasteiger partial charge on any atom is -0.503 e. The maximum Gasteiger partial charge on any atom is 0.325 e. The molecule has 28 heavy (non-hydrogen) atoms. The highest BCUT2D eigenvalue weighted by Crippen LogP contribution is 2.27. The number of benzene rings is 1. The quantitative estimate of drug-likeness (QED) is 0.666. The Morgan fingerprint density at radius 2 is 1.89 bits per heavy atom. The summed E-state index contributed by atoms with van der Waals surface area (Å²) in [7, 11) is 2.95. The lowest BCUT2D eigenvalue weighted by molar-refractivity contribution is -0.146. The van der Waals surface area contributed by atoms with Gasteiger partial charge in [-0.05, 0) is 31.0 Å². The third kappa shape index (κ3) is 5.35. The first kappa shape index (κ1) is 21.0. The molecule has 8 heteroatoms. The van der Waals surface area contributed by atoms with Crippen molar-refractivity contribution >= 4 is 11.9 Å². The molecule has 8 nitrogen and oxygen atoms in total. The fourth-order valence-corrected chi connectivity index (χ4v) is 2.64. The summed E-state index contributed by atoms with van der Waals surface area (Å²) in [5.74, 6) is -0.856. The van der Waals surface area contributed by atoms with Crippen LogP contribution in [-0.4, -0.2) is 48.8 Å². The lowest BCUT2D eigenvalue weighted by atomic mass is 10.1. The number of methoxy groups -OCH3 is 2. The lowest BCUT2D eigenvalue weighted by Crippen LogP contribution is -2.33. The Balaban J connectivity index is 1.89. The molecule has 1 amide bonds. The van der Waals surface area contributed by atoms with E-state index in [1.807, 2.05) is 25.1 Å². The van der Waals surface area contributed by atoms with Crippen LogP contribution in [0.25, 0.3) is 0 Å². The molecule has 0 radical (unpaired) electrons. The van der Waals surface area contributed by atoms with Crippen LogP contribution in [0.5, 0.6) is 17.2 Å². The molecular formula is C20H24N2O6. The van der Waals surface area contributed by atoms with Crippen LogP contribution in [0.2, 0.25) is 0 Å². The van der Waals surface area contributed by atoms with E-state index in [0.717, 1.165) is 16.9 Å². The van der Waals surface area contributed by atoms with Crippen molar-refractivity contribution in [2.24, 2.45) is 0 Å². The number of esters is 1. The summed E-state index contributed by atoms with van der Waals surface area (Å²) < 4.78 is 15.6. The molecule has 1 atom stereocenters. The van der Waals surface area contributed by atoms with Crippen molar-refractivity contribution in [3.05, 3.63) is 47.3 Å². The highest BCUT2D eigenvalue weighted by Gasteiger charge is 2.19. The number of aromatic hydroxyl groups is 1. The number of carbonyl (C=O) groups is 2. The van der Waals surface area contributed by atoms with E-state index in [-0.39, 0.29) is 18.0 Å². The van der Waals surface area contributed by atoms with Gasteiger partial charge in [0.2, 0.25) is 0 Å². The van der Waals surface area contributed by atoms with Crippen LogP contribution < -0.4 is 14.8 Å². The Morgan fingerprint density at radius 1 is 1.18 bits per heavy atom. The van der Waals surface area contributed by atoms with E-state index in [9.17, 15) is 14.7 Å². The minimum atomic E-state index is -0.707. The van der Waals surface area contributed by atoms with Gasteiger partial charge in [-0.25, -0.2) is 4.98 Å². The van der Waals surface area contributed by atoms with E-state index in [0.29, 0.717) is 6.42 Å². The van der Waals surface area contributed by atoms with Crippen LogP contribution in [0, 0.1) is 6.92 Å². The number of carbonyl (C=O) groups excluding carboxylic acids is 2. The van der Waals surface area contributed by atoms with E-state index >= 15 is 0 Å². The predicted molar refractivity (Wildman–Crippen MR) is 102 cm³/mol. The second-order valence-electron chi connectivity index (χ2n) is 6.21. The molecule has 0 aliphatic rings. The van der Waals surface area contributed by atoms with Crippen molar-refractivity contribution in [1.82, 2.24) is 10.3 Å². The number of ether oxygens (including phenoxy) is 3. The zero-order valence-electron chi connectivity index (χ0n) is 16.3. The molecule has 1 heterocycles. The highest BCUT2D eigenvalue weighted by molar-refractivity contribution is 5.97. The molecule has 1 aromatic heterocycles. The summed E-state index contributed by atoms with van der Waals surface area (Å²) in [5.41, 5.74) is 1.76. The maximum absolute atomic E-state index is 12.1. The first-order valence-electron chi connectivity index (χ1n) is 8.68. The van der Waals surface area contributed by atoms with Gasteiger partial charge < -0.3 is 24.6 Å².